The van der Waals surface area contributed by atoms with Gasteiger partial charge in [0, 0.05) is 18.4 Å². The van der Waals surface area contributed by atoms with Crippen LogP contribution in [0.25, 0.3) is 10.9 Å². The Bertz CT molecular complexity index is 663. The summed E-state index contributed by atoms with van der Waals surface area (Å²) in [4.78, 5) is 8.73. The largest absolute Gasteiger partial charge is 0.311 e. The molecule has 2 aromatic heterocycles. The second kappa shape index (κ2) is 6.25. The molecule has 0 unspecified atom stereocenters. The number of H-pyrrole nitrogens is 1. The minimum absolute atomic E-state index is 0.793. The van der Waals surface area contributed by atoms with Gasteiger partial charge in [0.2, 0.25) is 0 Å². The summed E-state index contributed by atoms with van der Waals surface area (Å²) in [6.45, 7) is 1.73. The van der Waals surface area contributed by atoms with Gasteiger partial charge in [-0.1, -0.05) is 24.3 Å². The molecule has 3 rings (SSSR count). The number of aromatic amines is 1. The Balaban J connectivity index is 1.47. The van der Waals surface area contributed by atoms with Crippen LogP contribution in [0.15, 0.2) is 42.7 Å². The van der Waals surface area contributed by atoms with E-state index in [4.69, 9.17) is 0 Å². The third-order valence-electron chi connectivity index (χ3n) is 3.19. The molecule has 0 radical (unpaired) electrons. The number of rotatable bonds is 6. The minimum atomic E-state index is 0.793. The summed E-state index contributed by atoms with van der Waals surface area (Å²) in [5.41, 5.74) is 2.12. The first-order chi connectivity index (χ1) is 9.92. The first-order valence-electron chi connectivity index (χ1n) is 6.81. The quantitative estimate of drug-likeness (QED) is 0.671. The van der Waals surface area contributed by atoms with Gasteiger partial charge < -0.3 is 5.32 Å². The maximum Gasteiger partial charge on any atom is 0.137 e. The van der Waals surface area contributed by atoms with E-state index < -0.39 is 0 Å². The van der Waals surface area contributed by atoms with Crippen molar-refractivity contribution in [1.82, 2.24) is 25.5 Å². The van der Waals surface area contributed by atoms with Crippen molar-refractivity contribution in [3.63, 3.8) is 0 Å². The fourth-order valence-corrected chi connectivity index (χ4v) is 2.16. The number of hydrogen-bond acceptors (Lipinski definition) is 4. The molecule has 2 heterocycles. The Morgan fingerprint density at radius 2 is 2.05 bits per heavy atom. The van der Waals surface area contributed by atoms with Gasteiger partial charge in [-0.15, -0.1) is 0 Å². The van der Waals surface area contributed by atoms with Crippen LogP contribution in [-0.2, 0) is 13.0 Å². The van der Waals surface area contributed by atoms with Crippen molar-refractivity contribution in [2.45, 2.75) is 19.4 Å². The van der Waals surface area contributed by atoms with Crippen LogP contribution in [0.1, 0.15) is 17.9 Å². The number of pyridine rings is 1. The van der Waals surface area contributed by atoms with Gasteiger partial charge in [0.15, 0.2) is 0 Å². The second-order valence-corrected chi connectivity index (χ2v) is 4.71. The lowest BCUT2D eigenvalue weighted by atomic mass is 10.2. The molecule has 0 aliphatic heterocycles. The highest BCUT2D eigenvalue weighted by atomic mass is 15.2. The normalized spacial score (nSPS) is 11.0. The van der Waals surface area contributed by atoms with Gasteiger partial charge in [0.25, 0.3) is 0 Å². The summed E-state index contributed by atoms with van der Waals surface area (Å²) in [5.74, 6) is 0.940. The lowest BCUT2D eigenvalue weighted by Gasteiger charge is -2.05. The van der Waals surface area contributed by atoms with Crippen molar-refractivity contribution in [3.05, 3.63) is 54.2 Å². The molecule has 0 fully saturated rings. The highest BCUT2D eigenvalue weighted by molar-refractivity contribution is 5.78. The molecule has 5 heteroatoms. The van der Waals surface area contributed by atoms with Crippen LogP contribution in [-0.4, -0.2) is 26.7 Å². The molecule has 2 N–H and O–H groups in total. The Morgan fingerprint density at radius 1 is 1.10 bits per heavy atom. The van der Waals surface area contributed by atoms with Gasteiger partial charge in [-0.25, -0.2) is 4.98 Å². The summed E-state index contributed by atoms with van der Waals surface area (Å²) < 4.78 is 0. The van der Waals surface area contributed by atoms with Crippen molar-refractivity contribution in [2.24, 2.45) is 0 Å². The maximum absolute atomic E-state index is 4.63. The van der Waals surface area contributed by atoms with E-state index in [-0.39, 0.29) is 0 Å². The Hall–Kier alpha value is -2.27. The molecule has 0 saturated heterocycles. The van der Waals surface area contributed by atoms with Crippen LogP contribution in [0.5, 0.6) is 0 Å². The molecular weight excluding hydrogens is 250 g/mol. The second-order valence-electron chi connectivity index (χ2n) is 4.71. The number of aromatic nitrogens is 4. The fourth-order valence-electron chi connectivity index (χ4n) is 2.16. The lowest BCUT2D eigenvalue weighted by molar-refractivity contribution is 0.633. The number of nitrogens with zero attached hydrogens (tertiary/aromatic N) is 3. The highest BCUT2D eigenvalue weighted by Crippen LogP contribution is 2.11. The standard InChI is InChI=1S/C15H17N5/c1-2-5-14-12(4-1)7-8-13(19-14)10-16-9-3-6-15-17-11-18-20-15/h1-2,4-5,7-8,11,16H,3,6,9-10H2,(H,17,18,20). The molecule has 5 nitrogen and oxygen atoms in total. The van der Waals surface area contributed by atoms with E-state index in [1.165, 1.54) is 5.39 Å². The number of para-hydroxylation sites is 1. The number of hydrogen-bond donors (Lipinski definition) is 2. The Morgan fingerprint density at radius 3 is 2.95 bits per heavy atom. The molecule has 3 aromatic rings. The van der Waals surface area contributed by atoms with Crippen molar-refractivity contribution in [1.29, 1.82) is 0 Å². The molecule has 0 aliphatic rings. The highest BCUT2D eigenvalue weighted by Gasteiger charge is 1.98. The molecule has 102 valence electrons. The predicted molar refractivity (Wildman–Crippen MR) is 78.2 cm³/mol. The number of aryl methyl sites for hydroxylation is 1. The van der Waals surface area contributed by atoms with E-state index in [1.54, 1.807) is 6.33 Å². The van der Waals surface area contributed by atoms with Gasteiger partial charge in [0.05, 0.1) is 11.2 Å². The number of nitrogens with one attached hydrogen (secondary N) is 2. The zero-order valence-electron chi connectivity index (χ0n) is 11.2. The predicted octanol–water partition coefficient (Wildman–Crippen LogP) is 2.08. The van der Waals surface area contributed by atoms with Crippen LogP contribution in [0, 0.1) is 0 Å². The summed E-state index contributed by atoms with van der Waals surface area (Å²) in [7, 11) is 0. The number of benzene rings is 1. The van der Waals surface area contributed by atoms with Crippen molar-refractivity contribution in [3.8, 4) is 0 Å². The van der Waals surface area contributed by atoms with Crippen LogP contribution in [0.4, 0.5) is 0 Å². The third kappa shape index (κ3) is 3.19. The Kier molecular flexibility index (Phi) is 3.99. The van der Waals surface area contributed by atoms with Crippen molar-refractivity contribution >= 4 is 10.9 Å². The van der Waals surface area contributed by atoms with E-state index in [0.717, 1.165) is 43.0 Å². The van der Waals surface area contributed by atoms with Gasteiger partial charge in [-0.3, -0.25) is 10.1 Å². The molecular formula is C15H17N5. The Labute approximate surface area is 117 Å². The van der Waals surface area contributed by atoms with E-state index in [1.807, 2.05) is 18.2 Å². The maximum atomic E-state index is 4.63. The summed E-state index contributed by atoms with van der Waals surface area (Å²) in [5, 5.41) is 11.3. The van der Waals surface area contributed by atoms with Gasteiger partial charge in [-0.05, 0) is 25.1 Å². The van der Waals surface area contributed by atoms with E-state index in [2.05, 4.69) is 43.7 Å². The van der Waals surface area contributed by atoms with E-state index in [9.17, 15) is 0 Å². The van der Waals surface area contributed by atoms with Crippen LogP contribution in [0.2, 0.25) is 0 Å². The average Bonchev–Trinajstić information content (AvgIpc) is 3.00. The monoisotopic (exact) mass is 267 g/mol. The topological polar surface area (TPSA) is 66.5 Å². The van der Waals surface area contributed by atoms with E-state index >= 15 is 0 Å². The molecule has 1 aromatic carbocycles. The molecule has 0 saturated carbocycles. The lowest BCUT2D eigenvalue weighted by Crippen LogP contribution is -2.16. The van der Waals surface area contributed by atoms with Gasteiger partial charge >= 0.3 is 0 Å². The summed E-state index contributed by atoms with van der Waals surface area (Å²) >= 11 is 0. The van der Waals surface area contributed by atoms with Gasteiger partial charge in [-0.2, -0.15) is 5.10 Å². The first-order valence-corrected chi connectivity index (χ1v) is 6.81. The third-order valence-corrected chi connectivity index (χ3v) is 3.19. The van der Waals surface area contributed by atoms with Crippen molar-refractivity contribution < 1.29 is 0 Å². The van der Waals surface area contributed by atoms with Crippen LogP contribution in [0.3, 0.4) is 0 Å². The molecule has 0 bridgehead atoms. The van der Waals surface area contributed by atoms with E-state index in [0.29, 0.717) is 0 Å². The average molecular weight is 267 g/mol. The molecule has 20 heavy (non-hydrogen) atoms. The molecule has 0 atom stereocenters. The molecule has 0 spiro atoms. The number of fused-ring (bicyclic) bond motifs is 1. The first kappa shape index (κ1) is 12.7. The minimum Gasteiger partial charge on any atom is -0.311 e. The summed E-state index contributed by atoms with van der Waals surface area (Å²) in [6.07, 6.45) is 3.49. The SMILES string of the molecule is c1ccc2nc(CNCCCc3ncn[nH]3)ccc2c1. The zero-order chi connectivity index (χ0) is 13.6. The molecule has 0 aliphatic carbocycles. The zero-order valence-corrected chi connectivity index (χ0v) is 11.2. The van der Waals surface area contributed by atoms with Crippen molar-refractivity contribution in [2.75, 3.05) is 6.54 Å². The fraction of sp³-hybridized carbons (Fsp3) is 0.267. The van der Waals surface area contributed by atoms with Crippen LogP contribution >= 0.6 is 0 Å². The van der Waals surface area contributed by atoms with Crippen LogP contribution < -0.4 is 5.32 Å². The smallest absolute Gasteiger partial charge is 0.137 e. The van der Waals surface area contributed by atoms with Gasteiger partial charge in [0.1, 0.15) is 12.2 Å². The summed E-state index contributed by atoms with van der Waals surface area (Å²) in [6, 6.07) is 12.4. The molecule has 0 amide bonds.